The molecule has 0 bridgehead atoms. The summed E-state index contributed by atoms with van der Waals surface area (Å²) in [6, 6.07) is 9.34. The van der Waals surface area contributed by atoms with Crippen LogP contribution in [-0.4, -0.2) is 85.2 Å². The van der Waals surface area contributed by atoms with E-state index < -0.39 is 17.7 Å². The summed E-state index contributed by atoms with van der Waals surface area (Å²) in [6.45, 7) is 3.74. The van der Waals surface area contributed by atoms with E-state index in [0.29, 0.717) is 49.1 Å². The van der Waals surface area contributed by atoms with Crippen molar-refractivity contribution in [1.82, 2.24) is 14.8 Å². The zero-order valence-corrected chi connectivity index (χ0v) is 18.7. The molecule has 0 unspecified atom stereocenters. The number of rotatable bonds is 7. The van der Waals surface area contributed by atoms with E-state index in [1.165, 1.54) is 19.1 Å². The third-order valence-electron chi connectivity index (χ3n) is 5.93. The number of carbonyl (C=O) groups excluding carboxylic acids is 2. The molecule has 1 N–H and O–H groups in total. The van der Waals surface area contributed by atoms with Crippen LogP contribution in [0.15, 0.2) is 48.2 Å². The number of ether oxygens (including phenoxy) is 3. The first kappa shape index (κ1) is 22.8. The Morgan fingerprint density at radius 2 is 1.85 bits per heavy atom. The molecule has 3 heterocycles. The van der Waals surface area contributed by atoms with Gasteiger partial charge in [-0.2, -0.15) is 0 Å². The van der Waals surface area contributed by atoms with Gasteiger partial charge in [0, 0.05) is 37.9 Å². The number of aromatic nitrogens is 1. The smallest absolute Gasteiger partial charge is 0.295 e. The van der Waals surface area contributed by atoms with E-state index in [1.54, 1.807) is 42.6 Å². The van der Waals surface area contributed by atoms with Crippen LogP contribution in [-0.2, 0) is 14.3 Å². The molecule has 9 nitrogen and oxygen atoms in total. The molecule has 9 heteroatoms. The first-order chi connectivity index (χ1) is 16.0. The Bertz CT molecular complexity index is 1050. The van der Waals surface area contributed by atoms with Crippen molar-refractivity contribution in [2.24, 2.45) is 0 Å². The van der Waals surface area contributed by atoms with E-state index in [-0.39, 0.29) is 11.3 Å². The second-order valence-electron chi connectivity index (χ2n) is 7.77. The minimum absolute atomic E-state index is 0.00731. The number of hydrogen-bond donors (Lipinski definition) is 1. The van der Waals surface area contributed by atoms with Crippen LogP contribution >= 0.6 is 0 Å². The first-order valence-electron chi connectivity index (χ1n) is 10.8. The molecule has 33 heavy (non-hydrogen) atoms. The highest BCUT2D eigenvalue weighted by molar-refractivity contribution is 6.46. The standard InChI is InChI=1S/C24H27N3O6/c1-31-18-7-6-16(15-19(18)32-2)22(28)20-21(17-5-3-4-8-25-17)27(24(30)23(20)29)10-9-26-11-13-33-14-12-26/h3-8,15,21,28H,9-14H2,1-2H3/b22-20+/t21-/m1/s1. The molecule has 2 aliphatic rings. The maximum Gasteiger partial charge on any atom is 0.295 e. The fourth-order valence-electron chi connectivity index (χ4n) is 4.17. The van der Waals surface area contributed by atoms with Gasteiger partial charge in [-0.15, -0.1) is 0 Å². The third-order valence-corrected chi connectivity index (χ3v) is 5.93. The largest absolute Gasteiger partial charge is 0.507 e. The molecule has 1 aromatic heterocycles. The fourth-order valence-corrected chi connectivity index (χ4v) is 4.17. The van der Waals surface area contributed by atoms with Crippen LogP contribution in [0.5, 0.6) is 11.5 Å². The van der Waals surface area contributed by atoms with Crippen LogP contribution in [0.4, 0.5) is 0 Å². The second-order valence-corrected chi connectivity index (χ2v) is 7.77. The molecule has 2 saturated heterocycles. The minimum atomic E-state index is -0.791. The lowest BCUT2D eigenvalue weighted by Crippen LogP contribution is -2.42. The Balaban J connectivity index is 1.73. The van der Waals surface area contributed by atoms with Crippen LogP contribution < -0.4 is 9.47 Å². The molecule has 2 aliphatic heterocycles. The van der Waals surface area contributed by atoms with Crippen molar-refractivity contribution in [2.45, 2.75) is 6.04 Å². The number of nitrogens with zero attached hydrogens (tertiary/aromatic N) is 3. The van der Waals surface area contributed by atoms with Gasteiger partial charge in [0.05, 0.1) is 38.7 Å². The number of morpholine rings is 1. The summed E-state index contributed by atoms with van der Waals surface area (Å²) in [5.41, 5.74) is 0.869. The molecule has 0 radical (unpaired) electrons. The number of likely N-dealkylation sites (tertiary alicyclic amines) is 1. The number of Topliss-reactive ketones (excluding diaryl/α,β-unsaturated/α-hetero) is 1. The summed E-state index contributed by atoms with van der Waals surface area (Å²) < 4.78 is 16.0. The third kappa shape index (κ3) is 4.55. The molecule has 2 fully saturated rings. The summed E-state index contributed by atoms with van der Waals surface area (Å²) in [4.78, 5) is 34.2. The topological polar surface area (TPSA) is 101 Å². The highest BCUT2D eigenvalue weighted by Crippen LogP contribution is 2.39. The summed E-state index contributed by atoms with van der Waals surface area (Å²) in [6.07, 6.45) is 1.60. The summed E-state index contributed by atoms with van der Waals surface area (Å²) in [5.74, 6) is -0.779. The summed E-state index contributed by atoms with van der Waals surface area (Å²) in [5, 5.41) is 11.2. The Morgan fingerprint density at radius 3 is 2.52 bits per heavy atom. The lowest BCUT2D eigenvalue weighted by Gasteiger charge is -2.30. The number of amides is 1. The SMILES string of the molecule is COc1ccc(/C(O)=C2\C(=O)C(=O)N(CCN3CCOCC3)[C@@H]2c2ccccn2)cc1OC. The molecular weight excluding hydrogens is 426 g/mol. The van der Waals surface area contributed by atoms with Crippen molar-refractivity contribution in [3.8, 4) is 11.5 Å². The summed E-state index contributed by atoms with van der Waals surface area (Å²) in [7, 11) is 3.00. The van der Waals surface area contributed by atoms with Crippen LogP contribution in [0, 0.1) is 0 Å². The summed E-state index contributed by atoms with van der Waals surface area (Å²) >= 11 is 0. The molecule has 1 atom stereocenters. The zero-order valence-electron chi connectivity index (χ0n) is 18.7. The van der Waals surface area contributed by atoms with Crippen molar-refractivity contribution in [2.75, 3.05) is 53.6 Å². The number of methoxy groups -OCH3 is 2. The highest BCUT2D eigenvalue weighted by Gasteiger charge is 2.46. The van der Waals surface area contributed by atoms with Crippen molar-refractivity contribution < 1.29 is 28.9 Å². The van der Waals surface area contributed by atoms with Gasteiger partial charge in [-0.25, -0.2) is 0 Å². The Morgan fingerprint density at radius 1 is 1.09 bits per heavy atom. The fraction of sp³-hybridized carbons (Fsp3) is 0.375. The zero-order chi connectivity index (χ0) is 23.4. The Kier molecular flexibility index (Phi) is 6.90. The van der Waals surface area contributed by atoms with Crippen molar-refractivity contribution in [1.29, 1.82) is 0 Å². The number of benzene rings is 1. The van der Waals surface area contributed by atoms with Gasteiger partial charge in [0.2, 0.25) is 0 Å². The lowest BCUT2D eigenvalue weighted by atomic mass is 9.98. The number of aliphatic hydroxyl groups is 1. The first-order valence-corrected chi connectivity index (χ1v) is 10.8. The van der Waals surface area contributed by atoms with E-state index >= 15 is 0 Å². The van der Waals surface area contributed by atoms with Gasteiger partial charge < -0.3 is 24.2 Å². The molecule has 0 aliphatic carbocycles. The molecule has 2 aromatic rings. The van der Waals surface area contributed by atoms with Crippen molar-refractivity contribution >= 4 is 17.4 Å². The second kappa shape index (κ2) is 10.0. The number of carbonyl (C=O) groups is 2. The van der Waals surface area contributed by atoms with Crippen LogP contribution in [0.1, 0.15) is 17.3 Å². The number of hydrogen-bond acceptors (Lipinski definition) is 8. The minimum Gasteiger partial charge on any atom is -0.507 e. The van der Waals surface area contributed by atoms with Gasteiger partial charge in [-0.1, -0.05) is 6.07 Å². The lowest BCUT2D eigenvalue weighted by molar-refractivity contribution is -0.140. The van der Waals surface area contributed by atoms with E-state index in [1.807, 2.05) is 0 Å². The van der Waals surface area contributed by atoms with Crippen molar-refractivity contribution in [3.05, 3.63) is 59.4 Å². The average Bonchev–Trinajstić information content (AvgIpc) is 3.12. The van der Waals surface area contributed by atoms with E-state index in [0.717, 1.165) is 13.1 Å². The van der Waals surface area contributed by atoms with E-state index in [4.69, 9.17) is 14.2 Å². The molecule has 0 spiro atoms. The van der Waals surface area contributed by atoms with Gasteiger partial charge in [0.25, 0.3) is 11.7 Å². The quantitative estimate of drug-likeness (QED) is 0.385. The maximum absolute atomic E-state index is 13.1. The van der Waals surface area contributed by atoms with Gasteiger partial charge in [0.1, 0.15) is 11.8 Å². The van der Waals surface area contributed by atoms with Gasteiger partial charge in [0.15, 0.2) is 11.5 Å². The molecule has 0 saturated carbocycles. The van der Waals surface area contributed by atoms with Gasteiger partial charge >= 0.3 is 0 Å². The Hall–Kier alpha value is -3.43. The predicted octanol–water partition coefficient (Wildman–Crippen LogP) is 1.85. The molecule has 174 valence electrons. The van der Waals surface area contributed by atoms with Gasteiger partial charge in [-0.05, 0) is 30.3 Å². The van der Waals surface area contributed by atoms with Crippen LogP contribution in [0.2, 0.25) is 0 Å². The monoisotopic (exact) mass is 453 g/mol. The molecule has 1 amide bonds. The average molecular weight is 453 g/mol. The number of pyridine rings is 1. The number of ketones is 1. The molecule has 1 aromatic carbocycles. The van der Waals surface area contributed by atoms with Gasteiger partial charge in [-0.3, -0.25) is 19.5 Å². The predicted molar refractivity (Wildman–Crippen MR) is 120 cm³/mol. The molecular formula is C24H27N3O6. The Labute approximate surface area is 192 Å². The van der Waals surface area contributed by atoms with E-state index in [2.05, 4.69) is 9.88 Å². The van der Waals surface area contributed by atoms with Crippen molar-refractivity contribution in [3.63, 3.8) is 0 Å². The van der Waals surface area contributed by atoms with Crippen LogP contribution in [0.25, 0.3) is 5.76 Å². The highest BCUT2D eigenvalue weighted by atomic mass is 16.5. The van der Waals surface area contributed by atoms with Crippen LogP contribution in [0.3, 0.4) is 0 Å². The molecule has 4 rings (SSSR count). The maximum atomic E-state index is 13.1. The number of aliphatic hydroxyl groups excluding tert-OH is 1. The van der Waals surface area contributed by atoms with E-state index in [9.17, 15) is 14.7 Å². The normalized spacial score (nSPS) is 20.8.